The van der Waals surface area contributed by atoms with E-state index in [1.165, 1.54) is 17.4 Å². The van der Waals surface area contributed by atoms with Gasteiger partial charge in [0.05, 0.1) is 27.4 Å². The lowest BCUT2D eigenvalue weighted by molar-refractivity contribution is 0.105. The van der Waals surface area contributed by atoms with Crippen LogP contribution >= 0.6 is 27.3 Å². The van der Waals surface area contributed by atoms with Crippen LogP contribution < -0.4 is 4.72 Å². The van der Waals surface area contributed by atoms with Gasteiger partial charge >= 0.3 is 0 Å². The van der Waals surface area contributed by atoms with Crippen LogP contribution in [0.1, 0.15) is 18.2 Å². The van der Waals surface area contributed by atoms with Crippen LogP contribution in [0.2, 0.25) is 0 Å². The molecule has 1 rings (SSSR count). The maximum Gasteiger partial charge on any atom is 0.242 e. The van der Waals surface area contributed by atoms with Gasteiger partial charge in [0.25, 0.3) is 0 Å². The average molecular weight is 358 g/mol. The molecule has 0 aliphatic heterocycles. The minimum absolute atomic E-state index is 0.166. The summed E-state index contributed by atoms with van der Waals surface area (Å²) >= 11 is 4.55. The fraction of sp³-hybridized carbons (Fsp3) is 0.600. The van der Waals surface area contributed by atoms with Crippen LogP contribution in [-0.4, -0.2) is 37.4 Å². The molecule has 5 nitrogen and oxygen atoms in total. The summed E-state index contributed by atoms with van der Waals surface area (Å²) in [6.45, 7) is 2.49. The van der Waals surface area contributed by atoms with E-state index < -0.39 is 28.8 Å². The molecular formula is C10H16BrNO4S2. The minimum atomic E-state index is -3.75. The molecule has 0 atom stereocenters. The van der Waals surface area contributed by atoms with Crippen molar-refractivity contribution in [2.45, 2.75) is 30.7 Å². The van der Waals surface area contributed by atoms with Gasteiger partial charge in [-0.05, 0) is 35.3 Å². The molecule has 0 spiro atoms. The zero-order valence-corrected chi connectivity index (χ0v) is 13.3. The number of sulfonamides is 1. The Morgan fingerprint density at radius 2 is 2.00 bits per heavy atom. The van der Waals surface area contributed by atoms with Gasteiger partial charge in [-0.1, -0.05) is 6.92 Å². The van der Waals surface area contributed by atoms with Gasteiger partial charge in [0, 0.05) is 4.88 Å². The molecule has 3 N–H and O–H groups in total. The summed E-state index contributed by atoms with van der Waals surface area (Å²) in [5, 5.41) is 18.5. The van der Waals surface area contributed by atoms with E-state index in [-0.39, 0.29) is 4.90 Å². The van der Waals surface area contributed by atoms with Gasteiger partial charge in [0.2, 0.25) is 10.0 Å². The Morgan fingerprint density at radius 3 is 2.33 bits per heavy atom. The van der Waals surface area contributed by atoms with Gasteiger partial charge in [-0.25, -0.2) is 13.1 Å². The highest BCUT2D eigenvalue weighted by Crippen LogP contribution is 2.30. The first-order chi connectivity index (χ1) is 8.30. The second-order valence-corrected chi connectivity index (χ2v) is 8.31. The van der Waals surface area contributed by atoms with Crippen molar-refractivity contribution in [2.24, 2.45) is 0 Å². The van der Waals surface area contributed by atoms with Crippen molar-refractivity contribution in [2.75, 3.05) is 13.2 Å². The molecule has 1 aromatic rings. The SMILES string of the molecule is CCC(CO)(CO)NS(=O)(=O)c1cc(Br)sc1C. The Labute approximate surface area is 119 Å². The zero-order chi connectivity index (χ0) is 14.0. The fourth-order valence-electron chi connectivity index (χ4n) is 1.45. The van der Waals surface area contributed by atoms with Crippen molar-refractivity contribution in [3.8, 4) is 0 Å². The number of aliphatic hydroxyl groups excluding tert-OH is 2. The molecule has 0 fully saturated rings. The average Bonchev–Trinajstić information content (AvgIpc) is 2.66. The number of thiophene rings is 1. The molecule has 1 heterocycles. The normalized spacial score (nSPS) is 12.9. The smallest absolute Gasteiger partial charge is 0.242 e. The van der Waals surface area contributed by atoms with E-state index in [2.05, 4.69) is 20.7 Å². The minimum Gasteiger partial charge on any atom is -0.394 e. The molecule has 18 heavy (non-hydrogen) atoms. The number of hydrogen-bond acceptors (Lipinski definition) is 5. The van der Waals surface area contributed by atoms with E-state index in [1.54, 1.807) is 13.8 Å². The van der Waals surface area contributed by atoms with Gasteiger partial charge in [-0.15, -0.1) is 11.3 Å². The standard InChI is InChI=1S/C10H16BrNO4S2/c1-3-10(5-13,6-14)12-18(15,16)8-4-9(11)17-7(8)2/h4,12-14H,3,5-6H2,1-2H3. The van der Waals surface area contributed by atoms with Gasteiger partial charge in [0.1, 0.15) is 0 Å². The van der Waals surface area contributed by atoms with Crippen LogP contribution in [0.3, 0.4) is 0 Å². The molecule has 0 saturated heterocycles. The second kappa shape index (κ2) is 5.98. The number of hydrogen-bond donors (Lipinski definition) is 3. The van der Waals surface area contributed by atoms with Gasteiger partial charge < -0.3 is 10.2 Å². The Balaban J connectivity index is 3.12. The van der Waals surface area contributed by atoms with Crippen LogP contribution in [-0.2, 0) is 10.0 Å². The Hall–Kier alpha value is 0.01000. The van der Waals surface area contributed by atoms with E-state index in [0.717, 1.165) is 3.79 Å². The summed E-state index contributed by atoms with van der Waals surface area (Å²) in [4.78, 5) is 0.814. The Bertz CT molecular complexity index is 500. The highest BCUT2D eigenvalue weighted by Gasteiger charge is 2.33. The third-order valence-electron chi connectivity index (χ3n) is 2.76. The van der Waals surface area contributed by atoms with Gasteiger partial charge in [0.15, 0.2) is 0 Å². The topological polar surface area (TPSA) is 86.6 Å². The van der Waals surface area contributed by atoms with Crippen LogP contribution in [0.5, 0.6) is 0 Å². The molecule has 0 saturated carbocycles. The lowest BCUT2D eigenvalue weighted by atomic mass is 10.0. The fourth-order valence-corrected chi connectivity index (χ4v) is 5.32. The van der Waals surface area contributed by atoms with Gasteiger partial charge in [-0.3, -0.25) is 0 Å². The number of halogens is 1. The van der Waals surface area contributed by atoms with Crippen molar-refractivity contribution in [1.82, 2.24) is 4.72 Å². The number of aryl methyl sites for hydroxylation is 1. The molecule has 1 aromatic heterocycles. The first kappa shape index (κ1) is 16.1. The molecule has 0 amide bonds. The molecule has 0 radical (unpaired) electrons. The molecule has 8 heteroatoms. The molecule has 0 unspecified atom stereocenters. The predicted molar refractivity (Wildman–Crippen MR) is 74.3 cm³/mol. The first-order valence-electron chi connectivity index (χ1n) is 5.32. The lowest BCUT2D eigenvalue weighted by Gasteiger charge is -2.29. The van der Waals surface area contributed by atoms with Crippen LogP contribution in [0.25, 0.3) is 0 Å². The molecule has 0 aliphatic carbocycles. The van der Waals surface area contributed by atoms with Crippen molar-refractivity contribution < 1.29 is 18.6 Å². The molecular weight excluding hydrogens is 342 g/mol. The van der Waals surface area contributed by atoms with Crippen molar-refractivity contribution >= 4 is 37.3 Å². The van der Waals surface area contributed by atoms with E-state index >= 15 is 0 Å². The number of rotatable bonds is 6. The van der Waals surface area contributed by atoms with E-state index in [1.807, 2.05) is 0 Å². The van der Waals surface area contributed by atoms with Crippen molar-refractivity contribution in [3.05, 3.63) is 14.7 Å². The molecule has 0 aliphatic rings. The summed E-state index contributed by atoms with van der Waals surface area (Å²) in [5.74, 6) is 0. The van der Waals surface area contributed by atoms with Crippen LogP contribution in [0, 0.1) is 6.92 Å². The Morgan fingerprint density at radius 1 is 1.44 bits per heavy atom. The third-order valence-corrected chi connectivity index (χ3v) is 6.15. The summed E-state index contributed by atoms with van der Waals surface area (Å²) in [6, 6.07) is 1.51. The van der Waals surface area contributed by atoms with Crippen molar-refractivity contribution in [3.63, 3.8) is 0 Å². The summed E-state index contributed by atoms with van der Waals surface area (Å²) in [6.07, 6.45) is 0.295. The van der Waals surface area contributed by atoms with Gasteiger partial charge in [-0.2, -0.15) is 0 Å². The highest BCUT2D eigenvalue weighted by atomic mass is 79.9. The number of nitrogens with one attached hydrogen (secondary N) is 1. The quantitative estimate of drug-likeness (QED) is 0.714. The second-order valence-electron chi connectivity index (χ2n) is 4.03. The first-order valence-corrected chi connectivity index (χ1v) is 8.41. The predicted octanol–water partition coefficient (Wildman–Crippen LogP) is 1.23. The molecule has 0 bridgehead atoms. The summed E-state index contributed by atoms with van der Waals surface area (Å²) < 4.78 is 27.5. The summed E-state index contributed by atoms with van der Waals surface area (Å²) in [7, 11) is -3.75. The molecule has 0 aromatic carbocycles. The number of aliphatic hydroxyl groups is 2. The molecule has 104 valence electrons. The highest BCUT2D eigenvalue weighted by molar-refractivity contribution is 9.11. The monoisotopic (exact) mass is 357 g/mol. The zero-order valence-electron chi connectivity index (χ0n) is 10.1. The van der Waals surface area contributed by atoms with E-state index in [0.29, 0.717) is 11.3 Å². The van der Waals surface area contributed by atoms with E-state index in [4.69, 9.17) is 0 Å². The Kier molecular flexibility index (Phi) is 5.33. The lowest BCUT2D eigenvalue weighted by Crippen LogP contribution is -2.53. The maximum absolute atomic E-state index is 12.2. The third kappa shape index (κ3) is 3.31. The summed E-state index contributed by atoms with van der Waals surface area (Å²) in [5.41, 5.74) is -1.22. The largest absolute Gasteiger partial charge is 0.394 e. The van der Waals surface area contributed by atoms with Crippen molar-refractivity contribution in [1.29, 1.82) is 0 Å². The van der Waals surface area contributed by atoms with Crippen LogP contribution in [0.15, 0.2) is 14.7 Å². The van der Waals surface area contributed by atoms with E-state index in [9.17, 15) is 18.6 Å². The van der Waals surface area contributed by atoms with Crippen LogP contribution in [0.4, 0.5) is 0 Å². The maximum atomic E-state index is 12.2.